The first kappa shape index (κ1) is 13.5. The number of benzene rings is 1. The number of hydrogen-bond donors (Lipinski definition) is 1. The van der Waals surface area contributed by atoms with Gasteiger partial charge in [-0.2, -0.15) is 0 Å². The van der Waals surface area contributed by atoms with E-state index in [9.17, 15) is 0 Å². The standard InChI is InChI=1S/C14H21N5/c1-10(2)5-4-8-19-14(16-17-18-19)12-9-11(3)6-7-13(12)15/h6-7,9-10H,4-5,8,15H2,1-3H3. The lowest BCUT2D eigenvalue weighted by atomic mass is 10.1. The van der Waals surface area contributed by atoms with E-state index >= 15 is 0 Å². The van der Waals surface area contributed by atoms with Gasteiger partial charge < -0.3 is 5.73 Å². The van der Waals surface area contributed by atoms with Crippen molar-refractivity contribution < 1.29 is 0 Å². The van der Waals surface area contributed by atoms with Crippen LogP contribution >= 0.6 is 0 Å². The van der Waals surface area contributed by atoms with Crippen LogP contribution in [0.4, 0.5) is 5.69 Å². The fourth-order valence-electron chi connectivity index (χ4n) is 2.06. The number of nitrogens with two attached hydrogens (primary N) is 1. The Hall–Kier alpha value is -1.91. The first-order valence-corrected chi connectivity index (χ1v) is 6.70. The summed E-state index contributed by atoms with van der Waals surface area (Å²) in [5.41, 5.74) is 8.80. The summed E-state index contributed by atoms with van der Waals surface area (Å²) in [6, 6.07) is 5.92. The minimum absolute atomic E-state index is 0.698. The highest BCUT2D eigenvalue weighted by Gasteiger charge is 2.12. The van der Waals surface area contributed by atoms with Gasteiger partial charge in [0.1, 0.15) is 0 Å². The maximum atomic E-state index is 6.02. The van der Waals surface area contributed by atoms with Gasteiger partial charge in [-0.25, -0.2) is 4.68 Å². The van der Waals surface area contributed by atoms with E-state index < -0.39 is 0 Å². The van der Waals surface area contributed by atoms with Crippen LogP contribution in [0.25, 0.3) is 11.4 Å². The van der Waals surface area contributed by atoms with Crippen LogP contribution in [0.2, 0.25) is 0 Å². The van der Waals surface area contributed by atoms with Gasteiger partial charge in [-0.1, -0.05) is 25.5 Å². The van der Waals surface area contributed by atoms with Crippen LogP contribution in [0.15, 0.2) is 18.2 Å². The van der Waals surface area contributed by atoms with Gasteiger partial charge in [0.2, 0.25) is 0 Å². The Bertz CT molecular complexity index is 545. The molecule has 5 nitrogen and oxygen atoms in total. The van der Waals surface area contributed by atoms with E-state index in [0.29, 0.717) is 11.6 Å². The fraction of sp³-hybridized carbons (Fsp3) is 0.500. The number of aryl methyl sites for hydroxylation is 2. The Morgan fingerprint density at radius 3 is 2.84 bits per heavy atom. The lowest BCUT2D eigenvalue weighted by Gasteiger charge is -2.08. The Labute approximate surface area is 113 Å². The van der Waals surface area contributed by atoms with E-state index in [1.807, 2.05) is 29.8 Å². The summed E-state index contributed by atoms with van der Waals surface area (Å²) in [6.07, 6.45) is 2.24. The summed E-state index contributed by atoms with van der Waals surface area (Å²) in [7, 11) is 0. The van der Waals surface area contributed by atoms with Crippen molar-refractivity contribution in [3.8, 4) is 11.4 Å². The Kier molecular flexibility index (Phi) is 4.14. The molecule has 0 amide bonds. The van der Waals surface area contributed by atoms with Gasteiger partial charge in [0.15, 0.2) is 5.82 Å². The van der Waals surface area contributed by atoms with Crippen LogP contribution in [0.1, 0.15) is 32.3 Å². The molecule has 0 aliphatic carbocycles. The number of hydrogen-bond acceptors (Lipinski definition) is 4. The first-order chi connectivity index (χ1) is 9.08. The van der Waals surface area contributed by atoms with Crippen molar-refractivity contribution in [2.24, 2.45) is 5.92 Å². The zero-order chi connectivity index (χ0) is 13.8. The van der Waals surface area contributed by atoms with E-state index in [2.05, 4.69) is 29.4 Å². The SMILES string of the molecule is Cc1ccc(N)c(-c2nnnn2CCCC(C)C)c1. The normalized spacial score (nSPS) is 11.2. The predicted octanol–water partition coefficient (Wildman–Crippen LogP) is 2.67. The van der Waals surface area contributed by atoms with Gasteiger partial charge in [-0.05, 0) is 48.2 Å². The molecule has 0 saturated heterocycles. The quantitative estimate of drug-likeness (QED) is 0.838. The molecular weight excluding hydrogens is 238 g/mol. The molecule has 2 N–H and O–H groups in total. The second-order valence-corrected chi connectivity index (χ2v) is 5.35. The molecule has 0 unspecified atom stereocenters. The zero-order valence-corrected chi connectivity index (χ0v) is 11.8. The molecule has 0 bridgehead atoms. The maximum absolute atomic E-state index is 6.02. The zero-order valence-electron chi connectivity index (χ0n) is 11.8. The number of rotatable bonds is 5. The van der Waals surface area contributed by atoms with Crippen LogP contribution in [-0.4, -0.2) is 20.2 Å². The van der Waals surface area contributed by atoms with Gasteiger partial charge in [0.25, 0.3) is 0 Å². The second kappa shape index (κ2) is 5.82. The number of aromatic nitrogens is 4. The van der Waals surface area contributed by atoms with Gasteiger partial charge in [0.05, 0.1) is 0 Å². The number of anilines is 1. The molecular formula is C14H21N5. The third kappa shape index (κ3) is 3.30. The lowest BCUT2D eigenvalue weighted by Crippen LogP contribution is -2.05. The van der Waals surface area contributed by atoms with E-state index in [-0.39, 0.29) is 0 Å². The Balaban J connectivity index is 2.21. The molecule has 1 heterocycles. The maximum Gasteiger partial charge on any atom is 0.184 e. The largest absolute Gasteiger partial charge is 0.398 e. The molecule has 1 aromatic carbocycles. The van der Waals surface area contributed by atoms with Crippen molar-refractivity contribution >= 4 is 5.69 Å². The topological polar surface area (TPSA) is 69.6 Å². The molecule has 0 spiro atoms. The van der Waals surface area contributed by atoms with Crippen molar-refractivity contribution in [2.45, 2.75) is 40.2 Å². The molecule has 102 valence electrons. The van der Waals surface area contributed by atoms with E-state index in [0.717, 1.165) is 29.9 Å². The van der Waals surface area contributed by atoms with Gasteiger partial charge in [0, 0.05) is 17.8 Å². The summed E-state index contributed by atoms with van der Waals surface area (Å²) < 4.78 is 1.84. The van der Waals surface area contributed by atoms with Crippen LogP contribution in [0, 0.1) is 12.8 Å². The van der Waals surface area contributed by atoms with Crippen molar-refractivity contribution in [2.75, 3.05) is 5.73 Å². The van der Waals surface area contributed by atoms with Crippen molar-refractivity contribution in [1.82, 2.24) is 20.2 Å². The minimum Gasteiger partial charge on any atom is -0.398 e. The Morgan fingerprint density at radius 1 is 1.32 bits per heavy atom. The molecule has 0 fully saturated rings. The van der Waals surface area contributed by atoms with E-state index in [4.69, 9.17) is 5.73 Å². The summed E-state index contributed by atoms with van der Waals surface area (Å²) in [6.45, 7) is 7.31. The van der Waals surface area contributed by atoms with E-state index in [1.165, 1.54) is 6.42 Å². The van der Waals surface area contributed by atoms with Crippen LogP contribution in [0.3, 0.4) is 0 Å². The third-order valence-electron chi connectivity index (χ3n) is 3.13. The highest BCUT2D eigenvalue weighted by Crippen LogP contribution is 2.24. The molecule has 0 atom stereocenters. The van der Waals surface area contributed by atoms with Gasteiger partial charge in [-0.15, -0.1) is 5.10 Å². The molecule has 0 radical (unpaired) electrons. The Morgan fingerprint density at radius 2 is 2.11 bits per heavy atom. The smallest absolute Gasteiger partial charge is 0.184 e. The summed E-state index contributed by atoms with van der Waals surface area (Å²) in [4.78, 5) is 0. The fourth-order valence-corrected chi connectivity index (χ4v) is 2.06. The summed E-state index contributed by atoms with van der Waals surface area (Å²) in [5.74, 6) is 1.45. The van der Waals surface area contributed by atoms with E-state index in [1.54, 1.807) is 0 Å². The third-order valence-corrected chi connectivity index (χ3v) is 3.13. The monoisotopic (exact) mass is 259 g/mol. The highest BCUT2D eigenvalue weighted by atomic mass is 15.5. The molecule has 0 aliphatic rings. The van der Waals surface area contributed by atoms with Crippen molar-refractivity contribution in [3.63, 3.8) is 0 Å². The van der Waals surface area contributed by atoms with Crippen molar-refractivity contribution in [3.05, 3.63) is 23.8 Å². The lowest BCUT2D eigenvalue weighted by molar-refractivity contribution is 0.485. The summed E-state index contributed by atoms with van der Waals surface area (Å²) >= 11 is 0. The highest BCUT2D eigenvalue weighted by molar-refractivity contribution is 5.71. The second-order valence-electron chi connectivity index (χ2n) is 5.35. The molecule has 1 aromatic heterocycles. The average Bonchev–Trinajstić information content (AvgIpc) is 2.80. The van der Waals surface area contributed by atoms with Gasteiger partial charge >= 0.3 is 0 Å². The molecule has 2 rings (SSSR count). The van der Waals surface area contributed by atoms with Gasteiger partial charge in [-0.3, -0.25) is 0 Å². The number of nitrogens with zero attached hydrogens (tertiary/aromatic N) is 4. The molecule has 19 heavy (non-hydrogen) atoms. The number of tetrazole rings is 1. The average molecular weight is 259 g/mol. The molecule has 5 heteroatoms. The molecule has 0 saturated carbocycles. The first-order valence-electron chi connectivity index (χ1n) is 6.70. The predicted molar refractivity (Wildman–Crippen MR) is 76.5 cm³/mol. The van der Waals surface area contributed by atoms with Crippen molar-refractivity contribution in [1.29, 1.82) is 0 Å². The van der Waals surface area contributed by atoms with Crippen LogP contribution < -0.4 is 5.73 Å². The van der Waals surface area contributed by atoms with Crippen LogP contribution in [0.5, 0.6) is 0 Å². The molecule has 2 aromatic rings. The van der Waals surface area contributed by atoms with Crippen LogP contribution in [-0.2, 0) is 6.54 Å². The number of nitrogen functional groups attached to an aromatic ring is 1. The summed E-state index contributed by atoms with van der Waals surface area (Å²) in [5, 5.41) is 11.9. The molecule has 0 aliphatic heterocycles. The minimum atomic E-state index is 0.698.